The number of nitrogens with two attached hydrogens (primary N) is 1. The largest absolute Gasteiger partial charge is 0.465 e. The summed E-state index contributed by atoms with van der Waals surface area (Å²) in [6.45, 7) is 0.597. The van der Waals surface area contributed by atoms with E-state index >= 15 is 0 Å². The van der Waals surface area contributed by atoms with Crippen molar-refractivity contribution in [3.05, 3.63) is 53.8 Å². The van der Waals surface area contributed by atoms with Crippen molar-refractivity contribution in [1.29, 1.82) is 0 Å². The van der Waals surface area contributed by atoms with Crippen molar-refractivity contribution in [3.63, 3.8) is 0 Å². The minimum absolute atomic E-state index is 0. The highest BCUT2D eigenvalue weighted by atomic mass is 35.5. The number of sulfonamides is 1. The summed E-state index contributed by atoms with van der Waals surface area (Å²) in [5.74, 6) is -0.658. The molecule has 1 aromatic carbocycles. The number of rotatable bonds is 8. The number of benzene rings is 1. The van der Waals surface area contributed by atoms with Crippen LogP contribution in [0.15, 0.2) is 52.2 Å². The van der Waals surface area contributed by atoms with Crippen molar-refractivity contribution in [2.75, 3.05) is 26.7 Å². The highest BCUT2D eigenvalue weighted by molar-refractivity contribution is 7.89. The molecule has 1 heterocycles. The lowest BCUT2D eigenvalue weighted by Gasteiger charge is -2.20. The number of carbonyl (C=O) groups excluding carboxylic acids is 1. The highest BCUT2D eigenvalue weighted by Crippen LogP contribution is 2.19. The van der Waals surface area contributed by atoms with Gasteiger partial charge in [-0.3, -0.25) is 0 Å². The Morgan fingerprint density at radius 1 is 1.24 bits per heavy atom. The van der Waals surface area contributed by atoms with Gasteiger partial charge in [-0.25, -0.2) is 13.2 Å². The third kappa shape index (κ3) is 5.30. The van der Waals surface area contributed by atoms with Crippen LogP contribution < -0.4 is 5.73 Å². The third-order valence-corrected chi connectivity index (χ3v) is 5.23. The fourth-order valence-corrected chi connectivity index (χ4v) is 3.58. The van der Waals surface area contributed by atoms with Gasteiger partial charge in [0, 0.05) is 25.7 Å². The van der Waals surface area contributed by atoms with E-state index in [1.165, 1.54) is 11.4 Å². The second-order valence-corrected chi connectivity index (χ2v) is 6.94. The zero-order valence-electron chi connectivity index (χ0n) is 13.8. The predicted molar refractivity (Wildman–Crippen MR) is 95.3 cm³/mol. The number of methoxy groups -OCH3 is 1. The molecule has 0 bridgehead atoms. The van der Waals surface area contributed by atoms with Crippen LogP contribution in [0.3, 0.4) is 0 Å². The van der Waals surface area contributed by atoms with Crippen LogP contribution in [0.25, 0.3) is 0 Å². The molecule has 0 aliphatic heterocycles. The molecule has 0 radical (unpaired) electrons. The monoisotopic (exact) mass is 388 g/mol. The highest BCUT2D eigenvalue weighted by Gasteiger charge is 2.28. The smallest absolute Gasteiger partial charge is 0.341 e. The molecule has 0 saturated heterocycles. The van der Waals surface area contributed by atoms with Crippen LogP contribution in [0.2, 0.25) is 0 Å². The van der Waals surface area contributed by atoms with Gasteiger partial charge in [-0.2, -0.15) is 4.31 Å². The van der Waals surface area contributed by atoms with E-state index in [1.807, 2.05) is 30.3 Å². The second kappa shape index (κ2) is 9.57. The summed E-state index contributed by atoms with van der Waals surface area (Å²) in [5.41, 5.74) is 6.60. The first-order valence-corrected chi connectivity index (χ1v) is 8.84. The Balaban J connectivity index is 0.00000312. The third-order valence-electron chi connectivity index (χ3n) is 3.46. The number of furan rings is 1. The summed E-state index contributed by atoms with van der Waals surface area (Å²) >= 11 is 0. The van der Waals surface area contributed by atoms with Crippen molar-refractivity contribution in [3.8, 4) is 0 Å². The van der Waals surface area contributed by atoms with Gasteiger partial charge in [0.25, 0.3) is 10.0 Å². The van der Waals surface area contributed by atoms with Crippen LogP contribution in [-0.2, 0) is 21.2 Å². The first-order chi connectivity index (χ1) is 11.5. The summed E-state index contributed by atoms with van der Waals surface area (Å²) in [6, 6.07) is 10.7. The standard InChI is InChI=1S/C16H20N2O5S.ClH/c1-22-16(19)14-11-15(23-12-14)24(20,21)18(10-8-17)9-7-13-5-3-2-4-6-13;/h2-6,11-12H,7-10,17H2,1H3;1H. The molecule has 7 nitrogen and oxygen atoms in total. The molecule has 0 fully saturated rings. The second-order valence-electron chi connectivity index (χ2n) is 5.07. The summed E-state index contributed by atoms with van der Waals surface area (Å²) in [6.07, 6.45) is 1.61. The average molecular weight is 389 g/mol. The van der Waals surface area contributed by atoms with E-state index in [2.05, 4.69) is 4.74 Å². The maximum atomic E-state index is 12.7. The van der Waals surface area contributed by atoms with E-state index in [0.29, 0.717) is 6.42 Å². The fourth-order valence-electron chi connectivity index (χ4n) is 2.20. The molecule has 2 rings (SSSR count). The predicted octanol–water partition coefficient (Wildman–Crippen LogP) is 1.68. The Morgan fingerprint density at radius 3 is 2.52 bits per heavy atom. The molecule has 2 aromatic rings. The van der Waals surface area contributed by atoms with Gasteiger partial charge in [-0.05, 0) is 12.0 Å². The van der Waals surface area contributed by atoms with E-state index in [0.717, 1.165) is 17.9 Å². The number of hydrogen-bond acceptors (Lipinski definition) is 6. The van der Waals surface area contributed by atoms with Gasteiger partial charge >= 0.3 is 5.97 Å². The minimum Gasteiger partial charge on any atom is -0.465 e. The molecule has 138 valence electrons. The van der Waals surface area contributed by atoms with Crippen LogP contribution in [-0.4, -0.2) is 45.4 Å². The van der Waals surface area contributed by atoms with E-state index in [9.17, 15) is 13.2 Å². The van der Waals surface area contributed by atoms with E-state index < -0.39 is 16.0 Å². The normalized spacial score (nSPS) is 11.2. The van der Waals surface area contributed by atoms with Crippen molar-refractivity contribution < 1.29 is 22.4 Å². The van der Waals surface area contributed by atoms with Crippen LogP contribution in [0.4, 0.5) is 0 Å². The van der Waals surface area contributed by atoms with Crippen molar-refractivity contribution in [2.45, 2.75) is 11.5 Å². The maximum absolute atomic E-state index is 12.7. The summed E-state index contributed by atoms with van der Waals surface area (Å²) < 4.78 is 36.2. The molecule has 0 spiro atoms. The Hall–Kier alpha value is -1.87. The number of hydrogen-bond donors (Lipinski definition) is 1. The van der Waals surface area contributed by atoms with E-state index in [1.54, 1.807) is 0 Å². The molecule has 2 N–H and O–H groups in total. The lowest BCUT2D eigenvalue weighted by atomic mass is 10.1. The molecule has 9 heteroatoms. The van der Waals surface area contributed by atoms with Crippen LogP contribution in [0.1, 0.15) is 15.9 Å². The molecular weight excluding hydrogens is 368 g/mol. The molecule has 25 heavy (non-hydrogen) atoms. The molecular formula is C16H21ClN2O5S. The molecule has 0 aliphatic rings. The molecule has 0 saturated carbocycles. The van der Waals surface area contributed by atoms with Gasteiger partial charge in [0.2, 0.25) is 5.09 Å². The zero-order chi connectivity index (χ0) is 17.6. The van der Waals surface area contributed by atoms with Gasteiger partial charge in [0.1, 0.15) is 6.26 Å². The Morgan fingerprint density at radius 2 is 1.92 bits per heavy atom. The number of halogens is 1. The minimum atomic E-state index is -3.88. The summed E-state index contributed by atoms with van der Waals surface area (Å²) in [4.78, 5) is 11.4. The topological polar surface area (TPSA) is 103 Å². The van der Waals surface area contributed by atoms with Crippen LogP contribution in [0, 0.1) is 0 Å². The fraction of sp³-hybridized carbons (Fsp3) is 0.312. The molecule has 1 aromatic heterocycles. The maximum Gasteiger partial charge on any atom is 0.341 e. The average Bonchev–Trinajstić information content (AvgIpc) is 3.09. The van der Waals surface area contributed by atoms with E-state index in [-0.39, 0.29) is 42.7 Å². The Labute approximate surface area is 153 Å². The lowest BCUT2D eigenvalue weighted by Crippen LogP contribution is -2.36. The van der Waals surface area contributed by atoms with Crippen molar-refractivity contribution >= 4 is 28.4 Å². The molecule has 0 amide bonds. The number of nitrogens with zero attached hydrogens (tertiary/aromatic N) is 1. The van der Waals surface area contributed by atoms with Crippen LogP contribution in [0.5, 0.6) is 0 Å². The first-order valence-electron chi connectivity index (χ1n) is 7.40. The Kier molecular flexibility index (Phi) is 8.11. The SMILES string of the molecule is COC(=O)c1coc(S(=O)(=O)N(CCN)CCc2ccccc2)c1.Cl. The molecule has 0 atom stereocenters. The van der Waals surface area contributed by atoms with Crippen molar-refractivity contribution in [2.24, 2.45) is 5.73 Å². The van der Waals surface area contributed by atoms with Gasteiger partial charge in [-0.15, -0.1) is 12.4 Å². The van der Waals surface area contributed by atoms with Crippen molar-refractivity contribution in [1.82, 2.24) is 4.31 Å². The Bertz CT molecular complexity index is 777. The summed E-state index contributed by atoms with van der Waals surface area (Å²) in [5, 5.41) is -0.301. The lowest BCUT2D eigenvalue weighted by molar-refractivity contribution is 0.0600. The first kappa shape index (κ1) is 21.2. The molecule has 0 aliphatic carbocycles. The quantitative estimate of drug-likeness (QED) is 0.690. The number of carbonyl (C=O) groups is 1. The summed E-state index contributed by atoms with van der Waals surface area (Å²) in [7, 11) is -2.66. The van der Waals surface area contributed by atoms with Crippen LogP contribution >= 0.6 is 12.4 Å². The van der Waals surface area contributed by atoms with Gasteiger partial charge in [-0.1, -0.05) is 30.3 Å². The zero-order valence-corrected chi connectivity index (χ0v) is 15.4. The number of ether oxygens (including phenoxy) is 1. The van der Waals surface area contributed by atoms with Gasteiger partial charge in [0.15, 0.2) is 0 Å². The van der Waals surface area contributed by atoms with Gasteiger partial charge in [0.05, 0.1) is 12.7 Å². The van der Waals surface area contributed by atoms with Gasteiger partial charge < -0.3 is 14.9 Å². The van der Waals surface area contributed by atoms with E-state index in [4.69, 9.17) is 10.2 Å². The number of esters is 1. The molecule has 0 unspecified atom stereocenters.